The van der Waals surface area contributed by atoms with Crippen LogP contribution in [-0.2, 0) is 10.5 Å². The van der Waals surface area contributed by atoms with E-state index in [-0.39, 0.29) is 5.72 Å². The highest BCUT2D eigenvalue weighted by molar-refractivity contribution is 5.30. The number of methoxy groups -OCH3 is 1. The lowest BCUT2D eigenvalue weighted by molar-refractivity contribution is 0.00245. The Bertz CT molecular complexity index is 302. The van der Waals surface area contributed by atoms with E-state index in [1.807, 2.05) is 31.2 Å². The Morgan fingerprint density at radius 3 is 2.57 bits per heavy atom. The molecule has 1 heterocycles. The second-order valence-electron chi connectivity index (χ2n) is 3.54. The first-order valence-corrected chi connectivity index (χ1v) is 4.78. The van der Waals surface area contributed by atoms with Gasteiger partial charge < -0.3 is 9.47 Å². The van der Waals surface area contributed by atoms with Gasteiger partial charge in [-0.3, -0.25) is 5.32 Å². The highest BCUT2D eigenvalue weighted by Gasteiger charge is 2.30. The molecule has 1 aromatic rings. The molecule has 3 nitrogen and oxygen atoms in total. The molecule has 1 atom stereocenters. The molecule has 1 aromatic carbocycles. The van der Waals surface area contributed by atoms with Crippen molar-refractivity contribution < 1.29 is 9.47 Å². The van der Waals surface area contributed by atoms with Crippen LogP contribution in [0.3, 0.4) is 0 Å². The summed E-state index contributed by atoms with van der Waals surface area (Å²) in [6.45, 7) is 3.72. The third-order valence-electron chi connectivity index (χ3n) is 2.60. The fourth-order valence-corrected chi connectivity index (χ4v) is 1.69. The van der Waals surface area contributed by atoms with Gasteiger partial charge in [-0.05, 0) is 24.6 Å². The Morgan fingerprint density at radius 1 is 1.36 bits per heavy atom. The van der Waals surface area contributed by atoms with Crippen LogP contribution in [0.2, 0.25) is 0 Å². The van der Waals surface area contributed by atoms with Crippen LogP contribution in [0.5, 0.6) is 5.75 Å². The van der Waals surface area contributed by atoms with Gasteiger partial charge in [-0.25, -0.2) is 0 Å². The molecule has 0 spiro atoms. The molecule has 3 heteroatoms. The first kappa shape index (κ1) is 9.49. The number of nitrogens with one attached hydrogen (secondary N) is 1. The van der Waals surface area contributed by atoms with Crippen molar-refractivity contribution >= 4 is 0 Å². The van der Waals surface area contributed by atoms with Gasteiger partial charge in [0, 0.05) is 6.54 Å². The van der Waals surface area contributed by atoms with Gasteiger partial charge in [-0.1, -0.05) is 12.1 Å². The maximum absolute atomic E-state index is 5.65. The summed E-state index contributed by atoms with van der Waals surface area (Å²) in [4.78, 5) is 0. The van der Waals surface area contributed by atoms with Crippen LogP contribution in [-0.4, -0.2) is 20.3 Å². The zero-order chi connectivity index (χ0) is 10.0. The Balaban J connectivity index is 2.23. The second kappa shape index (κ2) is 3.59. The average molecular weight is 193 g/mol. The SMILES string of the molecule is COc1ccc(C2(C)NCCO2)cc1. The van der Waals surface area contributed by atoms with E-state index in [9.17, 15) is 0 Å². The van der Waals surface area contributed by atoms with Gasteiger partial charge >= 0.3 is 0 Å². The van der Waals surface area contributed by atoms with E-state index in [1.54, 1.807) is 7.11 Å². The molecule has 0 aliphatic carbocycles. The molecule has 1 fully saturated rings. The number of benzene rings is 1. The van der Waals surface area contributed by atoms with Crippen molar-refractivity contribution in [2.45, 2.75) is 12.6 Å². The minimum absolute atomic E-state index is 0.327. The smallest absolute Gasteiger partial charge is 0.142 e. The molecule has 14 heavy (non-hydrogen) atoms. The fourth-order valence-electron chi connectivity index (χ4n) is 1.69. The maximum Gasteiger partial charge on any atom is 0.142 e. The minimum atomic E-state index is -0.327. The molecule has 0 saturated carbocycles. The second-order valence-corrected chi connectivity index (χ2v) is 3.54. The normalized spacial score (nSPS) is 26.4. The maximum atomic E-state index is 5.65. The van der Waals surface area contributed by atoms with Crippen LogP contribution in [0.1, 0.15) is 12.5 Å². The van der Waals surface area contributed by atoms with E-state index in [0.717, 1.165) is 24.5 Å². The lowest BCUT2D eigenvalue weighted by Crippen LogP contribution is -2.34. The monoisotopic (exact) mass is 193 g/mol. The number of rotatable bonds is 2. The summed E-state index contributed by atoms with van der Waals surface area (Å²) in [6.07, 6.45) is 0. The zero-order valence-corrected chi connectivity index (χ0v) is 8.54. The molecule has 1 aliphatic rings. The first-order chi connectivity index (χ1) is 6.74. The number of hydrogen-bond donors (Lipinski definition) is 1. The van der Waals surface area contributed by atoms with Crippen molar-refractivity contribution in [1.82, 2.24) is 5.32 Å². The lowest BCUT2D eigenvalue weighted by atomic mass is 10.1. The van der Waals surface area contributed by atoms with E-state index >= 15 is 0 Å². The van der Waals surface area contributed by atoms with E-state index in [2.05, 4.69) is 5.32 Å². The van der Waals surface area contributed by atoms with Crippen molar-refractivity contribution in [3.63, 3.8) is 0 Å². The fraction of sp³-hybridized carbons (Fsp3) is 0.455. The number of ether oxygens (including phenoxy) is 2. The van der Waals surface area contributed by atoms with Gasteiger partial charge in [-0.2, -0.15) is 0 Å². The third-order valence-corrected chi connectivity index (χ3v) is 2.60. The summed E-state index contributed by atoms with van der Waals surface area (Å²) in [5.41, 5.74) is 0.808. The van der Waals surface area contributed by atoms with E-state index in [1.165, 1.54) is 0 Å². The summed E-state index contributed by atoms with van der Waals surface area (Å²) in [7, 11) is 1.67. The van der Waals surface area contributed by atoms with Crippen LogP contribution >= 0.6 is 0 Å². The Labute approximate surface area is 84.0 Å². The summed E-state index contributed by atoms with van der Waals surface area (Å²) in [5, 5.41) is 3.32. The quantitative estimate of drug-likeness (QED) is 0.772. The van der Waals surface area contributed by atoms with Crippen LogP contribution in [0.4, 0.5) is 0 Å². The van der Waals surface area contributed by atoms with Crippen molar-refractivity contribution in [2.24, 2.45) is 0 Å². The molecule has 1 N–H and O–H groups in total. The molecular weight excluding hydrogens is 178 g/mol. The molecule has 0 amide bonds. The van der Waals surface area contributed by atoms with E-state index in [4.69, 9.17) is 9.47 Å². The summed E-state index contributed by atoms with van der Waals surface area (Å²) < 4.78 is 10.8. The van der Waals surface area contributed by atoms with E-state index < -0.39 is 0 Å². The van der Waals surface area contributed by atoms with Gasteiger partial charge in [0.2, 0.25) is 0 Å². The highest BCUT2D eigenvalue weighted by Crippen LogP contribution is 2.26. The largest absolute Gasteiger partial charge is 0.497 e. The molecule has 1 unspecified atom stereocenters. The summed E-state index contributed by atoms with van der Waals surface area (Å²) in [5.74, 6) is 0.871. The van der Waals surface area contributed by atoms with Gasteiger partial charge in [0.25, 0.3) is 0 Å². The van der Waals surface area contributed by atoms with Gasteiger partial charge in [0.1, 0.15) is 11.5 Å². The molecular formula is C11H15NO2. The van der Waals surface area contributed by atoms with Gasteiger partial charge in [0.15, 0.2) is 0 Å². The van der Waals surface area contributed by atoms with Crippen LogP contribution in [0.25, 0.3) is 0 Å². The molecule has 0 radical (unpaired) electrons. The standard InChI is InChI=1S/C11H15NO2/c1-11(12-7-8-14-11)9-3-5-10(13-2)6-4-9/h3-6,12H,7-8H2,1-2H3. The third kappa shape index (κ3) is 1.61. The lowest BCUT2D eigenvalue weighted by Gasteiger charge is -2.24. The van der Waals surface area contributed by atoms with Crippen LogP contribution in [0.15, 0.2) is 24.3 Å². The van der Waals surface area contributed by atoms with Gasteiger partial charge in [0.05, 0.1) is 13.7 Å². The summed E-state index contributed by atoms with van der Waals surface area (Å²) >= 11 is 0. The molecule has 1 saturated heterocycles. The van der Waals surface area contributed by atoms with Crippen LogP contribution in [0, 0.1) is 0 Å². The average Bonchev–Trinajstić information content (AvgIpc) is 2.67. The van der Waals surface area contributed by atoms with Gasteiger partial charge in [-0.15, -0.1) is 0 Å². The summed E-state index contributed by atoms with van der Waals surface area (Å²) in [6, 6.07) is 7.95. The topological polar surface area (TPSA) is 30.5 Å². The van der Waals surface area contributed by atoms with Crippen molar-refractivity contribution in [1.29, 1.82) is 0 Å². The van der Waals surface area contributed by atoms with Crippen molar-refractivity contribution in [3.8, 4) is 5.75 Å². The zero-order valence-electron chi connectivity index (χ0n) is 8.54. The molecule has 1 aliphatic heterocycles. The molecule has 2 rings (SSSR count). The van der Waals surface area contributed by atoms with Crippen LogP contribution < -0.4 is 10.1 Å². The predicted octanol–water partition coefficient (Wildman–Crippen LogP) is 1.49. The molecule has 0 bridgehead atoms. The van der Waals surface area contributed by atoms with Crippen molar-refractivity contribution in [2.75, 3.05) is 20.3 Å². The molecule has 0 aromatic heterocycles. The predicted molar refractivity (Wildman–Crippen MR) is 54.3 cm³/mol. The van der Waals surface area contributed by atoms with Crippen molar-refractivity contribution in [3.05, 3.63) is 29.8 Å². The Hall–Kier alpha value is -1.06. The van der Waals surface area contributed by atoms with E-state index in [0.29, 0.717) is 0 Å². The minimum Gasteiger partial charge on any atom is -0.497 e. The number of hydrogen-bond acceptors (Lipinski definition) is 3. The highest BCUT2D eigenvalue weighted by atomic mass is 16.5. The Morgan fingerprint density at radius 2 is 2.07 bits per heavy atom. The molecule has 76 valence electrons. The Kier molecular flexibility index (Phi) is 2.44. The first-order valence-electron chi connectivity index (χ1n) is 4.78.